The van der Waals surface area contributed by atoms with Gasteiger partial charge in [-0.05, 0) is 49.6 Å². The quantitative estimate of drug-likeness (QED) is 0.762. The van der Waals surface area contributed by atoms with Crippen LogP contribution in [0.3, 0.4) is 0 Å². The number of hydrogen-bond donors (Lipinski definition) is 2. The van der Waals surface area contributed by atoms with Crippen molar-refractivity contribution in [1.29, 1.82) is 0 Å². The van der Waals surface area contributed by atoms with E-state index in [1.807, 2.05) is 23.1 Å². The van der Waals surface area contributed by atoms with Gasteiger partial charge in [-0.3, -0.25) is 9.59 Å². The van der Waals surface area contributed by atoms with Crippen molar-refractivity contribution in [3.8, 4) is 0 Å². The molecular formula is C22H34ClN3O2. The van der Waals surface area contributed by atoms with Crippen LogP contribution in [-0.2, 0) is 9.59 Å². The summed E-state index contributed by atoms with van der Waals surface area (Å²) in [6, 6.07) is 10.1. The first-order valence-electron chi connectivity index (χ1n) is 10.4. The van der Waals surface area contributed by atoms with Crippen LogP contribution in [0.4, 0.5) is 0 Å². The minimum atomic E-state index is -0.0952. The first-order valence-corrected chi connectivity index (χ1v) is 10.4. The van der Waals surface area contributed by atoms with Crippen LogP contribution in [0.15, 0.2) is 30.3 Å². The summed E-state index contributed by atoms with van der Waals surface area (Å²) in [6.45, 7) is 7.40. The molecule has 5 nitrogen and oxygen atoms in total. The first kappa shape index (κ1) is 22.7. The lowest BCUT2D eigenvalue weighted by molar-refractivity contribution is -0.135. The van der Waals surface area contributed by atoms with Gasteiger partial charge in [0.15, 0.2) is 0 Å². The molecule has 2 amide bonds. The molecule has 2 heterocycles. The molecule has 0 bridgehead atoms. The molecule has 0 radical (unpaired) electrons. The van der Waals surface area contributed by atoms with Crippen LogP contribution in [0.25, 0.3) is 0 Å². The van der Waals surface area contributed by atoms with Gasteiger partial charge in [-0.25, -0.2) is 0 Å². The van der Waals surface area contributed by atoms with Gasteiger partial charge in [-0.15, -0.1) is 12.4 Å². The zero-order chi connectivity index (χ0) is 19.2. The molecule has 6 heteroatoms. The lowest BCUT2D eigenvalue weighted by Gasteiger charge is -2.36. The number of halogens is 1. The fourth-order valence-corrected chi connectivity index (χ4v) is 4.38. The Morgan fingerprint density at radius 1 is 1.18 bits per heavy atom. The summed E-state index contributed by atoms with van der Waals surface area (Å²) in [5, 5.41) is 6.34. The molecular weight excluding hydrogens is 374 g/mol. The molecule has 156 valence electrons. The molecule has 28 heavy (non-hydrogen) atoms. The molecule has 2 saturated heterocycles. The third kappa shape index (κ3) is 5.71. The van der Waals surface area contributed by atoms with Gasteiger partial charge in [0.25, 0.3) is 0 Å². The molecule has 3 atom stereocenters. The van der Waals surface area contributed by atoms with Crippen LogP contribution in [0.1, 0.15) is 51.0 Å². The first-order chi connectivity index (χ1) is 13.1. The van der Waals surface area contributed by atoms with E-state index in [2.05, 4.69) is 36.6 Å². The van der Waals surface area contributed by atoms with E-state index in [0.29, 0.717) is 12.5 Å². The highest BCUT2D eigenvalue weighted by Crippen LogP contribution is 2.28. The van der Waals surface area contributed by atoms with Crippen molar-refractivity contribution in [2.24, 2.45) is 11.8 Å². The van der Waals surface area contributed by atoms with Gasteiger partial charge in [0.2, 0.25) is 11.8 Å². The summed E-state index contributed by atoms with van der Waals surface area (Å²) >= 11 is 0. The van der Waals surface area contributed by atoms with Crippen molar-refractivity contribution < 1.29 is 9.59 Å². The van der Waals surface area contributed by atoms with Crippen molar-refractivity contribution in [3.63, 3.8) is 0 Å². The Morgan fingerprint density at radius 3 is 2.57 bits per heavy atom. The molecule has 0 aliphatic carbocycles. The van der Waals surface area contributed by atoms with E-state index in [1.165, 1.54) is 0 Å². The van der Waals surface area contributed by atoms with Crippen molar-refractivity contribution in [1.82, 2.24) is 15.5 Å². The fraction of sp³-hybridized carbons (Fsp3) is 0.636. The maximum atomic E-state index is 13.3. The number of nitrogens with zero attached hydrogens (tertiary/aromatic N) is 1. The van der Waals surface area contributed by atoms with Crippen LogP contribution in [0.5, 0.6) is 0 Å². The van der Waals surface area contributed by atoms with Crippen molar-refractivity contribution in [2.75, 3.05) is 26.2 Å². The molecule has 2 aliphatic rings. The van der Waals surface area contributed by atoms with Crippen LogP contribution in [0.2, 0.25) is 0 Å². The Morgan fingerprint density at radius 2 is 1.93 bits per heavy atom. The lowest BCUT2D eigenvalue weighted by Crippen LogP contribution is -2.48. The van der Waals surface area contributed by atoms with Gasteiger partial charge >= 0.3 is 0 Å². The van der Waals surface area contributed by atoms with Crippen molar-refractivity contribution in [3.05, 3.63) is 35.9 Å². The Balaban J connectivity index is 0.00000280. The number of nitrogens with one attached hydrogen (secondary N) is 2. The molecule has 0 spiro atoms. The van der Waals surface area contributed by atoms with E-state index in [9.17, 15) is 9.59 Å². The maximum Gasteiger partial charge on any atom is 0.237 e. The molecule has 1 aromatic carbocycles. The molecule has 2 aliphatic heterocycles. The molecule has 2 fully saturated rings. The number of likely N-dealkylation sites (tertiary alicyclic amines) is 1. The number of hydrogen-bond acceptors (Lipinski definition) is 3. The van der Waals surface area contributed by atoms with E-state index < -0.39 is 0 Å². The van der Waals surface area contributed by atoms with Gasteiger partial charge in [0.1, 0.15) is 0 Å². The zero-order valence-corrected chi connectivity index (χ0v) is 17.8. The van der Waals surface area contributed by atoms with Gasteiger partial charge in [0, 0.05) is 19.6 Å². The predicted octanol–water partition coefficient (Wildman–Crippen LogP) is 2.95. The molecule has 0 aromatic heterocycles. The average molecular weight is 408 g/mol. The van der Waals surface area contributed by atoms with Gasteiger partial charge < -0.3 is 15.5 Å². The second-order valence-corrected chi connectivity index (χ2v) is 8.32. The van der Waals surface area contributed by atoms with E-state index in [4.69, 9.17) is 0 Å². The minimum absolute atomic E-state index is 0. The fourth-order valence-electron chi connectivity index (χ4n) is 4.38. The molecule has 0 saturated carbocycles. The third-order valence-corrected chi connectivity index (χ3v) is 5.86. The Hall–Kier alpha value is -1.59. The van der Waals surface area contributed by atoms with Crippen LogP contribution >= 0.6 is 12.4 Å². The normalized spacial score (nSPS) is 23.2. The van der Waals surface area contributed by atoms with Gasteiger partial charge in [0.05, 0.1) is 12.0 Å². The van der Waals surface area contributed by atoms with Gasteiger partial charge in [-0.1, -0.05) is 44.2 Å². The number of benzene rings is 1. The summed E-state index contributed by atoms with van der Waals surface area (Å²) in [5.74, 6) is 0.845. The number of carbonyl (C=O) groups excluding carboxylic acids is 2. The molecule has 1 aromatic rings. The molecule has 3 unspecified atom stereocenters. The van der Waals surface area contributed by atoms with Gasteiger partial charge in [-0.2, -0.15) is 0 Å². The Bertz CT molecular complexity index is 632. The van der Waals surface area contributed by atoms with E-state index in [0.717, 1.165) is 50.9 Å². The maximum absolute atomic E-state index is 13.3. The standard InChI is InChI=1S/C22H33N3O2.ClH/c1-16(2)20(18-9-4-3-5-10-18)22(27)25-13-7-8-17(15-25)14-24-21(26)19-11-6-12-23-19;/h3-5,9-10,16-17,19-20,23H,6-8,11-15H2,1-2H3,(H,24,26);1H. The van der Waals surface area contributed by atoms with Crippen LogP contribution < -0.4 is 10.6 Å². The summed E-state index contributed by atoms with van der Waals surface area (Å²) in [7, 11) is 0. The highest BCUT2D eigenvalue weighted by atomic mass is 35.5. The minimum Gasteiger partial charge on any atom is -0.354 e. The van der Waals surface area contributed by atoms with Crippen LogP contribution in [-0.4, -0.2) is 48.9 Å². The smallest absolute Gasteiger partial charge is 0.237 e. The largest absolute Gasteiger partial charge is 0.354 e. The average Bonchev–Trinajstić information content (AvgIpc) is 3.22. The monoisotopic (exact) mass is 407 g/mol. The summed E-state index contributed by atoms with van der Waals surface area (Å²) in [6.07, 6.45) is 4.07. The summed E-state index contributed by atoms with van der Waals surface area (Å²) in [5.41, 5.74) is 1.10. The highest BCUT2D eigenvalue weighted by molar-refractivity contribution is 5.85. The Kier molecular flexibility index (Phi) is 8.77. The number of amides is 2. The second-order valence-electron chi connectivity index (χ2n) is 8.32. The Labute approximate surface area is 175 Å². The van der Waals surface area contributed by atoms with Crippen LogP contribution in [0, 0.1) is 11.8 Å². The lowest BCUT2D eigenvalue weighted by atomic mass is 9.86. The van der Waals surface area contributed by atoms with E-state index in [-0.39, 0.29) is 42.1 Å². The topological polar surface area (TPSA) is 61.4 Å². The molecule has 2 N–H and O–H groups in total. The predicted molar refractivity (Wildman–Crippen MR) is 115 cm³/mol. The second kappa shape index (κ2) is 10.8. The highest BCUT2D eigenvalue weighted by Gasteiger charge is 2.32. The van der Waals surface area contributed by atoms with E-state index in [1.54, 1.807) is 0 Å². The van der Waals surface area contributed by atoms with Crippen molar-refractivity contribution >= 4 is 24.2 Å². The number of piperidine rings is 1. The van der Waals surface area contributed by atoms with Crippen molar-refractivity contribution in [2.45, 2.75) is 51.5 Å². The zero-order valence-electron chi connectivity index (χ0n) is 17.0. The molecule has 3 rings (SSSR count). The summed E-state index contributed by atoms with van der Waals surface area (Å²) in [4.78, 5) is 27.5. The van der Waals surface area contributed by atoms with E-state index >= 15 is 0 Å². The summed E-state index contributed by atoms with van der Waals surface area (Å²) < 4.78 is 0. The number of rotatable bonds is 6. The SMILES string of the molecule is CC(C)C(C(=O)N1CCCC(CNC(=O)C2CCCN2)C1)c1ccccc1.Cl. The third-order valence-electron chi connectivity index (χ3n) is 5.86. The number of carbonyl (C=O) groups is 2.